The molecule has 19 heavy (non-hydrogen) atoms. The Labute approximate surface area is 120 Å². The monoisotopic (exact) mass is 315 g/mol. The van der Waals surface area contributed by atoms with E-state index in [1.165, 1.54) is 18.3 Å². The maximum Gasteiger partial charge on any atom is 0.262 e. The highest BCUT2D eigenvalue weighted by Gasteiger charge is 2.11. The van der Waals surface area contributed by atoms with Gasteiger partial charge in [0, 0.05) is 21.6 Å². The van der Waals surface area contributed by atoms with Crippen molar-refractivity contribution in [1.29, 1.82) is 0 Å². The zero-order valence-corrected chi connectivity index (χ0v) is 12.3. The number of nitrogens with zero attached hydrogens (tertiary/aromatic N) is 1. The second-order valence-corrected chi connectivity index (χ2v) is 6.94. The normalized spacial score (nSPS) is 11.3. The van der Waals surface area contributed by atoms with E-state index in [9.17, 15) is 8.42 Å². The molecule has 1 aromatic heterocycles. The third kappa shape index (κ3) is 3.62. The highest BCUT2D eigenvalue weighted by atomic mass is 35.7. The molecule has 1 heterocycles. The summed E-state index contributed by atoms with van der Waals surface area (Å²) in [5, 5.41) is 0. The van der Waals surface area contributed by atoms with Crippen LogP contribution in [0.5, 0.6) is 11.6 Å². The molecule has 4 nitrogen and oxygen atoms in total. The summed E-state index contributed by atoms with van der Waals surface area (Å²) in [5.74, 6) is 0.981. The topological polar surface area (TPSA) is 56.3 Å². The molecular weight excluding hydrogens is 306 g/mol. The maximum absolute atomic E-state index is 11.1. The predicted molar refractivity (Wildman–Crippen MR) is 75.6 cm³/mol. The van der Waals surface area contributed by atoms with Gasteiger partial charge in [-0.2, -0.15) is 0 Å². The number of hydrogen-bond donors (Lipinski definition) is 0. The maximum atomic E-state index is 11.1. The van der Waals surface area contributed by atoms with Crippen molar-refractivity contribution in [2.24, 2.45) is 0 Å². The molecule has 7 heteroatoms. The third-order valence-corrected chi connectivity index (χ3v) is 4.39. The van der Waals surface area contributed by atoms with Crippen LogP contribution < -0.4 is 4.74 Å². The highest BCUT2D eigenvalue weighted by molar-refractivity contribution is 8.13. The van der Waals surface area contributed by atoms with Crippen LogP contribution >= 0.6 is 22.4 Å². The number of pyridine rings is 1. The van der Waals surface area contributed by atoms with Crippen molar-refractivity contribution in [3.8, 4) is 11.6 Å². The summed E-state index contributed by atoms with van der Waals surface area (Å²) in [6, 6.07) is 10.3. The van der Waals surface area contributed by atoms with Gasteiger partial charge in [-0.05, 0) is 24.5 Å². The number of halogens is 1. The SMILES string of the molecule is CSc1ccccc1Oc1ccc(S(=O)(=O)Cl)cn1. The number of benzene rings is 1. The van der Waals surface area contributed by atoms with E-state index in [2.05, 4.69) is 4.98 Å². The van der Waals surface area contributed by atoms with Crippen molar-refractivity contribution >= 4 is 31.5 Å². The van der Waals surface area contributed by atoms with Gasteiger partial charge in [0.05, 0.1) is 6.20 Å². The molecule has 0 unspecified atom stereocenters. The van der Waals surface area contributed by atoms with Crippen molar-refractivity contribution in [3.63, 3.8) is 0 Å². The van der Waals surface area contributed by atoms with Crippen LogP contribution in [0.1, 0.15) is 0 Å². The van der Waals surface area contributed by atoms with E-state index in [1.54, 1.807) is 11.8 Å². The van der Waals surface area contributed by atoms with Crippen LogP contribution in [0, 0.1) is 0 Å². The summed E-state index contributed by atoms with van der Waals surface area (Å²) in [4.78, 5) is 4.84. The molecule has 0 aliphatic heterocycles. The van der Waals surface area contributed by atoms with Crippen LogP contribution in [-0.2, 0) is 9.05 Å². The Morgan fingerprint density at radius 2 is 1.95 bits per heavy atom. The van der Waals surface area contributed by atoms with E-state index in [4.69, 9.17) is 15.4 Å². The van der Waals surface area contributed by atoms with Gasteiger partial charge in [-0.3, -0.25) is 0 Å². The Kier molecular flexibility index (Phi) is 4.34. The Bertz CT molecular complexity index is 672. The Morgan fingerprint density at radius 3 is 2.53 bits per heavy atom. The Morgan fingerprint density at radius 1 is 1.21 bits per heavy atom. The lowest BCUT2D eigenvalue weighted by Crippen LogP contribution is -1.94. The fourth-order valence-corrected chi connectivity index (χ4v) is 2.60. The van der Waals surface area contributed by atoms with Crippen LogP contribution in [0.15, 0.2) is 52.4 Å². The summed E-state index contributed by atoms with van der Waals surface area (Å²) in [6.07, 6.45) is 3.11. The first-order valence-electron chi connectivity index (χ1n) is 5.22. The molecule has 0 saturated heterocycles. The van der Waals surface area contributed by atoms with Gasteiger partial charge in [-0.1, -0.05) is 12.1 Å². The van der Waals surface area contributed by atoms with E-state index in [0.29, 0.717) is 11.6 Å². The average molecular weight is 316 g/mol. The summed E-state index contributed by atoms with van der Waals surface area (Å²) in [6.45, 7) is 0. The second-order valence-electron chi connectivity index (χ2n) is 3.52. The smallest absolute Gasteiger partial charge is 0.262 e. The molecule has 100 valence electrons. The van der Waals surface area contributed by atoms with Crippen molar-refractivity contribution < 1.29 is 13.2 Å². The highest BCUT2D eigenvalue weighted by Crippen LogP contribution is 2.30. The second kappa shape index (κ2) is 5.81. The van der Waals surface area contributed by atoms with Crippen LogP contribution in [0.2, 0.25) is 0 Å². The summed E-state index contributed by atoms with van der Waals surface area (Å²) in [5.41, 5.74) is 0. The van der Waals surface area contributed by atoms with Gasteiger partial charge in [-0.25, -0.2) is 13.4 Å². The molecule has 0 bridgehead atoms. The van der Waals surface area contributed by atoms with Crippen LogP contribution in [0.25, 0.3) is 0 Å². The predicted octanol–water partition coefficient (Wildman–Crippen LogP) is 3.52. The van der Waals surface area contributed by atoms with Gasteiger partial charge >= 0.3 is 0 Å². The fraction of sp³-hybridized carbons (Fsp3) is 0.0833. The number of hydrogen-bond acceptors (Lipinski definition) is 5. The molecule has 0 aliphatic rings. The molecule has 1 aromatic carbocycles. The van der Waals surface area contributed by atoms with E-state index in [-0.39, 0.29) is 4.90 Å². The van der Waals surface area contributed by atoms with Crippen molar-refractivity contribution in [2.45, 2.75) is 9.79 Å². The molecule has 0 spiro atoms. The Balaban J connectivity index is 2.25. The lowest BCUT2D eigenvalue weighted by Gasteiger charge is -2.08. The molecule has 2 aromatic rings. The zero-order chi connectivity index (χ0) is 13.9. The van der Waals surface area contributed by atoms with Gasteiger partial charge in [0.25, 0.3) is 9.05 Å². The molecule has 0 atom stereocenters. The van der Waals surface area contributed by atoms with Gasteiger partial charge in [0.15, 0.2) is 0 Å². The molecule has 0 amide bonds. The first-order chi connectivity index (χ1) is 9.00. The third-order valence-electron chi connectivity index (χ3n) is 2.27. The number of para-hydroxylation sites is 1. The molecule has 2 rings (SSSR count). The minimum atomic E-state index is -3.76. The first-order valence-corrected chi connectivity index (χ1v) is 8.75. The molecule has 0 radical (unpaired) electrons. The average Bonchev–Trinajstić information content (AvgIpc) is 2.39. The van der Waals surface area contributed by atoms with Gasteiger partial charge in [0.1, 0.15) is 10.6 Å². The van der Waals surface area contributed by atoms with Gasteiger partial charge < -0.3 is 4.74 Å². The lowest BCUT2D eigenvalue weighted by molar-refractivity contribution is 0.451. The molecule has 0 N–H and O–H groups in total. The van der Waals surface area contributed by atoms with Gasteiger partial charge in [-0.15, -0.1) is 11.8 Å². The van der Waals surface area contributed by atoms with E-state index < -0.39 is 9.05 Å². The Hall–Kier alpha value is -1.24. The van der Waals surface area contributed by atoms with E-state index in [1.807, 2.05) is 30.5 Å². The van der Waals surface area contributed by atoms with Crippen molar-refractivity contribution in [1.82, 2.24) is 4.98 Å². The number of ether oxygens (including phenoxy) is 1. The molecule has 0 saturated carbocycles. The minimum absolute atomic E-state index is 0.0559. The number of rotatable bonds is 4. The van der Waals surface area contributed by atoms with Crippen molar-refractivity contribution in [3.05, 3.63) is 42.6 Å². The lowest BCUT2D eigenvalue weighted by atomic mass is 10.3. The molecule has 0 aliphatic carbocycles. The minimum Gasteiger partial charge on any atom is -0.438 e. The van der Waals surface area contributed by atoms with E-state index in [0.717, 1.165) is 4.90 Å². The number of thioether (sulfide) groups is 1. The number of aromatic nitrogens is 1. The van der Waals surface area contributed by atoms with Crippen molar-refractivity contribution in [2.75, 3.05) is 6.26 Å². The first kappa shape index (κ1) is 14.2. The van der Waals surface area contributed by atoms with E-state index >= 15 is 0 Å². The zero-order valence-electron chi connectivity index (χ0n) is 9.91. The molecular formula is C12H10ClNO3S2. The standard InChI is InChI=1S/C12H10ClNO3S2/c1-18-11-5-3-2-4-10(11)17-12-7-6-9(8-14-12)19(13,15)16/h2-8H,1H3. The van der Waals surface area contributed by atoms with Gasteiger partial charge in [0.2, 0.25) is 5.88 Å². The van der Waals surface area contributed by atoms with Crippen LogP contribution in [0.4, 0.5) is 0 Å². The van der Waals surface area contributed by atoms with Crippen LogP contribution in [-0.4, -0.2) is 19.7 Å². The molecule has 0 fully saturated rings. The largest absolute Gasteiger partial charge is 0.438 e. The quantitative estimate of drug-likeness (QED) is 0.638. The summed E-state index contributed by atoms with van der Waals surface area (Å²) < 4.78 is 27.8. The fourth-order valence-electron chi connectivity index (χ4n) is 1.39. The summed E-state index contributed by atoms with van der Waals surface area (Å²) >= 11 is 1.55. The van der Waals surface area contributed by atoms with Crippen LogP contribution in [0.3, 0.4) is 0 Å². The summed E-state index contributed by atoms with van der Waals surface area (Å²) in [7, 11) is 1.45.